The van der Waals surface area contributed by atoms with Gasteiger partial charge >= 0.3 is 5.97 Å². The molecular weight excluding hydrogens is 252 g/mol. The molecule has 20 heavy (non-hydrogen) atoms. The SMILES string of the molecule is CC.O=C1OC(C(O)c2ccccc2)c2ccccc21. The van der Waals surface area contributed by atoms with Crippen molar-refractivity contribution in [1.82, 2.24) is 0 Å². The molecule has 0 saturated heterocycles. The Morgan fingerprint density at radius 1 is 1.00 bits per heavy atom. The van der Waals surface area contributed by atoms with Crippen LogP contribution in [0.15, 0.2) is 54.6 Å². The van der Waals surface area contributed by atoms with Crippen LogP contribution in [0, 0.1) is 0 Å². The van der Waals surface area contributed by atoms with Gasteiger partial charge in [0.2, 0.25) is 0 Å². The molecule has 1 aliphatic rings. The van der Waals surface area contributed by atoms with Crippen molar-refractivity contribution in [3.05, 3.63) is 71.3 Å². The second-order valence-corrected chi connectivity index (χ2v) is 4.27. The van der Waals surface area contributed by atoms with Crippen LogP contribution < -0.4 is 0 Å². The van der Waals surface area contributed by atoms with Crippen molar-refractivity contribution in [2.45, 2.75) is 26.1 Å². The smallest absolute Gasteiger partial charge is 0.339 e. The lowest BCUT2D eigenvalue weighted by Crippen LogP contribution is -2.10. The fourth-order valence-electron chi connectivity index (χ4n) is 2.23. The molecule has 2 unspecified atom stereocenters. The highest BCUT2D eigenvalue weighted by Crippen LogP contribution is 2.39. The monoisotopic (exact) mass is 270 g/mol. The van der Waals surface area contributed by atoms with Crippen LogP contribution in [-0.2, 0) is 4.74 Å². The summed E-state index contributed by atoms with van der Waals surface area (Å²) >= 11 is 0. The standard InChI is InChI=1S/C15H12O3.C2H6/c16-13(10-6-2-1-3-7-10)14-11-8-4-5-9-12(11)15(17)18-14;1-2/h1-9,13-14,16H;1-2H3. The summed E-state index contributed by atoms with van der Waals surface area (Å²) in [5.41, 5.74) is 2.03. The molecule has 2 aromatic carbocycles. The van der Waals surface area contributed by atoms with Gasteiger partial charge < -0.3 is 9.84 Å². The highest BCUT2D eigenvalue weighted by molar-refractivity contribution is 5.94. The Hall–Kier alpha value is -2.13. The fraction of sp³-hybridized carbons (Fsp3) is 0.235. The molecule has 1 N–H and O–H groups in total. The zero-order valence-corrected chi connectivity index (χ0v) is 11.6. The zero-order valence-electron chi connectivity index (χ0n) is 11.6. The lowest BCUT2D eigenvalue weighted by atomic mass is 9.97. The molecule has 1 aliphatic heterocycles. The number of ether oxygens (including phenoxy) is 1. The van der Waals surface area contributed by atoms with Gasteiger partial charge in [-0.1, -0.05) is 62.4 Å². The number of hydrogen-bond donors (Lipinski definition) is 1. The maximum Gasteiger partial charge on any atom is 0.339 e. The van der Waals surface area contributed by atoms with E-state index in [1.807, 2.05) is 56.3 Å². The summed E-state index contributed by atoms with van der Waals surface area (Å²) in [6.07, 6.45) is -1.45. The molecule has 3 nitrogen and oxygen atoms in total. The van der Waals surface area contributed by atoms with Gasteiger partial charge in [-0.3, -0.25) is 0 Å². The lowest BCUT2D eigenvalue weighted by molar-refractivity contribution is -0.0102. The van der Waals surface area contributed by atoms with Crippen LogP contribution in [0.3, 0.4) is 0 Å². The van der Waals surface area contributed by atoms with E-state index in [1.54, 1.807) is 12.1 Å². The molecule has 3 heteroatoms. The maximum atomic E-state index is 11.7. The highest BCUT2D eigenvalue weighted by Gasteiger charge is 2.36. The number of carbonyl (C=O) groups excluding carboxylic acids is 1. The van der Waals surface area contributed by atoms with Gasteiger partial charge in [0.05, 0.1) is 5.56 Å². The van der Waals surface area contributed by atoms with Gasteiger partial charge in [0.15, 0.2) is 6.10 Å². The van der Waals surface area contributed by atoms with E-state index in [0.717, 1.165) is 11.1 Å². The molecule has 0 radical (unpaired) electrons. The minimum absolute atomic E-state index is 0.370. The Morgan fingerprint density at radius 3 is 2.30 bits per heavy atom. The summed E-state index contributed by atoms with van der Waals surface area (Å²) in [6, 6.07) is 16.4. The summed E-state index contributed by atoms with van der Waals surface area (Å²) < 4.78 is 5.26. The molecule has 3 rings (SSSR count). The quantitative estimate of drug-likeness (QED) is 0.847. The topological polar surface area (TPSA) is 46.5 Å². The van der Waals surface area contributed by atoms with Crippen molar-refractivity contribution >= 4 is 5.97 Å². The zero-order chi connectivity index (χ0) is 14.5. The summed E-state index contributed by atoms with van der Waals surface area (Å²) in [4.78, 5) is 11.7. The van der Waals surface area contributed by atoms with Crippen LogP contribution in [-0.4, -0.2) is 11.1 Å². The van der Waals surface area contributed by atoms with Crippen molar-refractivity contribution in [2.24, 2.45) is 0 Å². The van der Waals surface area contributed by atoms with E-state index in [0.29, 0.717) is 5.56 Å². The predicted octanol–water partition coefficient (Wildman–Crippen LogP) is 3.66. The molecule has 104 valence electrons. The Morgan fingerprint density at radius 2 is 1.60 bits per heavy atom. The summed E-state index contributed by atoms with van der Waals surface area (Å²) in [5.74, 6) is -0.370. The number of fused-ring (bicyclic) bond motifs is 1. The molecule has 0 saturated carbocycles. The normalized spacial score (nSPS) is 17.6. The largest absolute Gasteiger partial charge is 0.451 e. The van der Waals surface area contributed by atoms with Gasteiger partial charge in [-0.05, 0) is 11.6 Å². The Kier molecular flexibility index (Phi) is 4.53. The minimum atomic E-state index is -0.834. The van der Waals surface area contributed by atoms with Gasteiger partial charge in [-0.2, -0.15) is 0 Å². The van der Waals surface area contributed by atoms with Crippen LogP contribution in [0.1, 0.15) is 47.5 Å². The first-order chi connectivity index (χ1) is 9.77. The van der Waals surface area contributed by atoms with Gasteiger partial charge in [-0.15, -0.1) is 0 Å². The number of aliphatic hydroxyl groups is 1. The van der Waals surface area contributed by atoms with Crippen LogP contribution in [0.25, 0.3) is 0 Å². The number of aliphatic hydroxyl groups excluding tert-OH is 1. The lowest BCUT2D eigenvalue weighted by Gasteiger charge is -2.18. The van der Waals surface area contributed by atoms with Crippen molar-refractivity contribution in [1.29, 1.82) is 0 Å². The van der Waals surface area contributed by atoms with Gasteiger partial charge in [0.1, 0.15) is 6.10 Å². The number of esters is 1. The molecule has 2 aromatic rings. The summed E-state index contributed by atoms with van der Waals surface area (Å²) in [5, 5.41) is 10.3. The van der Waals surface area contributed by atoms with Crippen molar-refractivity contribution in [3.63, 3.8) is 0 Å². The van der Waals surface area contributed by atoms with Crippen LogP contribution >= 0.6 is 0 Å². The van der Waals surface area contributed by atoms with Crippen LogP contribution in [0.4, 0.5) is 0 Å². The Bertz CT molecular complexity index is 578. The number of carbonyl (C=O) groups is 1. The predicted molar refractivity (Wildman–Crippen MR) is 77.3 cm³/mol. The van der Waals surface area contributed by atoms with E-state index in [9.17, 15) is 9.90 Å². The first-order valence-electron chi connectivity index (χ1n) is 6.80. The third-order valence-electron chi connectivity index (χ3n) is 3.15. The number of cyclic esters (lactones) is 1. The molecule has 0 aliphatic carbocycles. The number of rotatable bonds is 2. The van der Waals surface area contributed by atoms with E-state index < -0.39 is 12.2 Å². The molecular formula is C17H18O3. The first kappa shape index (κ1) is 14.3. The van der Waals surface area contributed by atoms with E-state index in [1.165, 1.54) is 0 Å². The third-order valence-corrected chi connectivity index (χ3v) is 3.15. The number of hydrogen-bond acceptors (Lipinski definition) is 3. The average Bonchev–Trinajstić information content (AvgIpc) is 2.87. The molecule has 0 bridgehead atoms. The van der Waals surface area contributed by atoms with E-state index in [-0.39, 0.29) is 5.97 Å². The molecule has 2 atom stereocenters. The van der Waals surface area contributed by atoms with E-state index in [4.69, 9.17) is 4.74 Å². The van der Waals surface area contributed by atoms with Crippen molar-refractivity contribution in [2.75, 3.05) is 0 Å². The van der Waals surface area contributed by atoms with E-state index >= 15 is 0 Å². The number of benzene rings is 2. The van der Waals surface area contributed by atoms with E-state index in [2.05, 4.69) is 0 Å². The molecule has 0 spiro atoms. The van der Waals surface area contributed by atoms with Crippen molar-refractivity contribution in [3.8, 4) is 0 Å². The first-order valence-corrected chi connectivity index (χ1v) is 6.80. The fourth-order valence-corrected chi connectivity index (χ4v) is 2.23. The average molecular weight is 270 g/mol. The third kappa shape index (κ3) is 2.58. The molecule has 0 fully saturated rings. The molecule has 0 amide bonds. The second kappa shape index (κ2) is 6.35. The Balaban J connectivity index is 0.000000704. The summed E-state index contributed by atoms with van der Waals surface area (Å²) in [7, 11) is 0. The van der Waals surface area contributed by atoms with Crippen LogP contribution in [0.5, 0.6) is 0 Å². The van der Waals surface area contributed by atoms with Gasteiger partial charge in [-0.25, -0.2) is 4.79 Å². The van der Waals surface area contributed by atoms with Gasteiger partial charge in [0.25, 0.3) is 0 Å². The summed E-state index contributed by atoms with van der Waals surface area (Å²) in [6.45, 7) is 4.00. The highest BCUT2D eigenvalue weighted by atomic mass is 16.6. The maximum absolute atomic E-state index is 11.7. The molecule has 0 aromatic heterocycles. The van der Waals surface area contributed by atoms with Gasteiger partial charge in [0, 0.05) is 5.56 Å². The van der Waals surface area contributed by atoms with Crippen LogP contribution in [0.2, 0.25) is 0 Å². The molecule has 1 heterocycles. The minimum Gasteiger partial charge on any atom is -0.451 e. The second-order valence-electron chi connectivity index (χ2n) is 4.27. The van der Waals surface area contributed by atoms with Crippen molar-refractivity contribution < 1.29 is 14.6 Å². The Labute approximate surface area is 118 Å².